The van der Waals surface area contributed by atoms with Gasteiger partial charge in [-0.05, 0) is 42.5 Å². The highest BCUT2D eigenvalue weighted by atomic mass is 32.1. The topological polar surface area (TPSA) is 85.4 Å². The molecule has 6 aromatic rings. The van der Waals surface area contributed by atoms with Crippen molar-refractivity contribution in [3.05, 3.63) is 82.5 Å². The number of nitrogen functional groups attached to an aromatic ring is 1. The predicted octanol–water partition coefficient (Wildman–Crippen LogP) is 7.98. The minimum atomic E-state index is -0.181. The first kappa shape index (κ1) is 27.5. The van der Waals surface area contributed by atoms with E-state index in [1.54, 1.807) is 0 Å². The van der Waals surface area contributed by atoms with E-state index in [4.69, 9.17) is 10.7 Å². The predicted molar refractivity (Wildman–Crippen MR) is 173 cm³/mol. The quantitative estimate of drug-likeness (QED) is 0.215. The van der Waals surface area contributed by atoms with Crippen molar-refractivity contribution in [2.24, 2.45) is 7.05 Å². The number of nitrogens with one attached hydrogen (secondary N) is 1. The van der Waals surface area contributed by atoms with Gasteiger partial charge in [0.05, 0.1) is 22.2 Å². The summed E-state index contributed by atoms with van der Waals surface area (Å²) in [4.78, 5) is 19.2. The Morgan fingerprint density at radius 1 is 0.902 bits per heavy atom. The average Bonchev–Trinajstić information content (AvgIpc) is 3.59. The smallest absolute Gasteiger partial charge is 0.124 e. The summed E-state index contributed by atoms with van der Waals surface area (Å²) in [6.45, 7) is 16.1. The molecular formula is C34H40N6S. The van der Waals surface area contributed by atoms with Gasteiger partial charge >= 0.3 is 0 Å². The number of nitrogens with zero attached hydrogens (tertiary/aromatic N) is 4. The molecule has 3 N–H and O–H groups in total. The highest BCUT2D eigenvalue weighted by molar-refractivity contribution is 7.19. The number of nitrogens with two attached hydrogens (primary N) is 1. The molecule has 6 nitrogen and oxygen atoms in total. The minimum absolute atomic E-state index is 0.0255. The molecule has 0 fully saturated rings. The van der Waals surface area contributed by atoms with Gasteiger partial charge in [-0.1, -0.05) is 48.5 Å². The van der Waals surface area contributed by atoms with Crippen molar-refractivity contribution in [1.82, 2.24) is 24.5 Å². The molecule has 0 aliphatic rings. The van der Waals surface area contributed by atoms with Crippen LogP contribution in [-0.2, 0) is 36.1 Å². The van der Waals surface area contributed by atoms with Gasteiger partial charge in [-0.3, -0.25) is 9.97 Å². The summed E-state index contributed by atoms with van der Waals surface area (Å²) in [6.07, 6.45) is 5.48. The summed E-state index contributed by atoms with van der Waals surface area (Å²) in [5.74, 6) is 0.536. The number of aromatic nitrogens is 5. The van der Waals surface area contributed by atoms with Crippen molar-refractivity contribution in [2.75, 3.05) is 5.73 Å². The highest BCUT2D eigenvalue weighted by Crippen LogP contribution is 2.39. The van der Waals surface area contributed by atoms with Crippen LogP contribution in [0.4, 0.5) is 5.82 Å². The van der Waals surface area contributed by atoms with Gasteiger partial charge in [-0.25, -0.2) is 4.98 Å². The van der Waals surface area contributed by atoms with Gasteiger partial charge in [0, 0.05) is 86.0 Å². The fraction of sp³-hybridized carbons (Fsp3) is 0.382. The number of fused-ring (bicyclic) bond motifs is 3. The van der Waals surface area contributed by atoms with Crippen molar-refractivity contribution >= 4 is 49.2 Å². The number of anilines is 1. The number of hydrogen-bond acceptors (Lipinski definition) is 5. The van der Waals surface area contributed by atoms with E-state index < -0.39 is 0 Å². The highest BCUT2D eigenvalue weighted by Gasteiger charge is 2.30. The fourth-order valence-corrected chi connectivity index (χ4v) is 7.18. The Morgan fingerprint density at radius 2 is 1.68 bits per heavy atom. The lowest BCUT2D eigenvalue weighted by Crippen LogP contribution is -2.23. The molecule has 6 heterocycles. The maximum atomic E-state index is 5.96. The minimum Gasteiger partial charge on any atom is -0.384 e. The van der Waals surface area contributed by atoms with E-state index in [1.165, 1.54) is 31.6 Å². The van der Waals surface area contributed by atoms with Crippen LogP contribution in [0.2, 0.25) is 0 Å². The largest absolute Gasteiger partial charge is 0.384 e. The van der Waals surface area contributed by atoms with Gasteiger partial charge in [0.25, 0.3) is 0 Å². The molecule has 0 spiro atoms. The Hall–Kier alpha value is -3.71. The zero-order valence-electron chi connectivity index (χ0n) is 25.4. The molecule has 6 aromatic heterocycles. The van der Waals surface area contributed by atoms with Crippen LogP contribution in [0.5, 0.6) is 0 Å². The van der Waals surface area contributed by atoms with Crippen LogP contribution in [-0.4, -0.2) is 24.5 Å². The summed E-state index contributed by atoms with van der Waals surface area (Å²) < 4.78 is 3.64. The molecule has 0 saturated carbocycles. The van der Waals surface area contributed by atoms with E-state index >= 15 is 0 Å². The monoisotopic (exact) mass is 564 g/mol. The van der Waals surface area contributed by atoms with Gasteiger partial charge < -0.3 is 15.3 Å². The summed E-state index contributed by atoms with van der Waals surface area (Å²) in [6, 6.07) is 15.1. The molecule has 0 aliphatic carbocycles. The van der Waals surface area contributed by atoms with E-state index in [2.05, 4.69) is 105 Å². The van der Waals surface area contributed by atoms with E-state index in [1.807, 2.05) is 35.9 Å². The number of pyridine rings is 3. The second-order valence-electron chi connectivity index (χ2n) is 13.8. The maximum Gasteiger partial charge on any atom is 0.124 e. The molecular weight excluding hydrogens is 524 g/mol. The summed E-state index contributed by atoms with van der Waals surface area (Å²) in [5.41, 5.74) is 13.6. The van der Waals surface area contributed by atoms with Crippen LogP contribution in [0, 0.1) is 0 Å². The third-order valence-electron chi connectivity index (χ3n) is 8.38. The molecule has 0 unspecified atom stereocenters. The molecule has 0 aliphatic heterocycles. The molecule has 7 heteroatoms. The third-order valence-corrected chi connectivity index (χ3v) is 9.86. The molecule has 0 amide bonds. The number of H-pyrrole nitrogens is 1. The molecule has 0 radical (unpaired) electrons. The first-order chi connectivity index (χ1) is 19.2. The van der Waals surface area contributed by atoms with E-state index in [0.717, 1.165) is 41.0 Å². The van der Waals surface area contributed by atoms with Crippen molar-refractivity contribution in [3.8, 4) is 0 Å². The third kappa shape index (κ3) is 5.01. The van der Waals surface area contributed by atoms with Gasteiger partial charge in [-0.2, -0.15) is 0 Å². The number of aryl methyl sites for hydroxylation is 1. The first-order valence-corrected chi connectivity index (χ1v) is 15.1. The molecule has 212 valence electrons. The molecule has 0 bridgehead atoms. The number of hydrogen-bond donors (Lipinski definition) is 2. The standard InChI is InChI=1S/C34H40N6S/c1-32(2,3)29-15-22-25(18-34(6,7)30-13-20-19-36-12-11-27(20)41-30)37-21(14-26(22)40(29)8)17-33(4,5)28-16-24-23(38-28)9-10-31(35)39-24/h9-16,19,38H,17-18H2,1-8H3,(H2,35,39). The molecule has 6 rings (SSSR count). The van der Waals surface area contributed by atoms with Gasteiger partial charge in [0.2, 0.25) is 0 Å². The molecule has 0 aromatic carbocycles. The SMILES string of the molecule is Cn1c(C(C)(C)C)cc2c(CC(C)(C)c3cc4cnccc4s3)nc(CC(C)(C)c3cc4nc(N)ccc4[nH]3)cc21. The van der Waals surface area contributed by atoms with Crippen LogP contribution in [0.15, 0.2) is 54.9 Å². The van der Waals surface area contributed by atoms with Crippen LogP contribution < -0.4 is 5.73 Å². The second kappa shape index (κ2) is 9.41. The van der Waals surface area contributed by atoms with Gasteiger partial charge in [-0.15, -0.1) is 11.3 Å². The Morgan fingerprint density at radius 3 is 2.41 bits per heavy atom. The second-order valence-corrected chi connectivity index (χ2v) is 14.9. The Labute approximate surface area is 246 Å². The Bertz CT molecular complexity index is 1880. The van der Waals surface area contributed by atoms with E-state index in [0.29, 0.717) is 5.82 Å². The van der Waals surface area contributed by atoms with E-state index in [9.17, 15) is 0 Å². The summed E-state index contributed by atoms with van der Waals surface area (Å²) in [7, 11) is 2.19. The fourth-order valence-electron chi connectivity index (χ4n) is 6.05. The normalized spacial score (nSPS) is 13.2. The van der Waals surface area contributed by atoms with Crippen molar-refractivity contribution in [2.45, 2.75) is 77.6 Å². The Balaban J connectivity index is 1.44. The number of aromatic amines is 1. The van der Waals surface area contributed by atoms with Crippen LogP contribution in [0.25, 0.3) is 32.0 Å². The van der Waals surface area contributed by atoms with E-state index in [-0.39, 0.29) is 16.2 Å². The van der Waals surface area contributed by atoms with Crippen LogP contribution >= 0.6 is 11.3 Å². The van der Waals surface area contributed by atoms with Crippen molar-refractivity contribution < 1.29 is 0 Å². The lowest BCUT2D eigenvalue weighted by molar-refractivity contribution is 0.497. The van der Waals surface area contributed by atoms with Gasteiger partial charge in [0.1, 0.15) is 5.82 Å². The van der Waals surface area contributed by atoms with Crippen LogP contribution in [0.1, 0.15) is 76.1 Å². The lowest BCUT2D eigenvalue weighted by Gasteiger charge is -2.26. The summed E-state index contributed by atoms with van der Waals surface area (Å²) >= 11 is 1.86. The lowest BCUT2D eigenvalue weighted by atomic mass is 9.83. The maximum absolute atomic E-state index is 5.96. The Kier molecular flexibility index (Phi) is 6.30. The number of rotatable bonds is 6. The van der Waals surface area contributed by atoms with Crippen molar-refractivity contribution in [1.29, 1.82) is 0 Å². The number of thiophene rings is 1. The van der Waals surface area contributed by atoms with Crippen LogP contribution in [0.3, 0.4) is 0 Å². The van der Waals surface area contributed by atoms with Crippen molar-refractivity contribution in [3.63, 3.8) is 0 Å². The summed E-state index contributed by atoms with van der Waals surface area (Å²) in [5, 5.41) is 2.46. The molecule has 41 heavy (non-hydrogen) atoms. The molecule has 0 saturated heterocycles. The average molecular weight is 565 g/mol. The van der Waals surface area contributed by atoms with Gasteiger partial charge in [0.15, 0.2) is 0 Å². The zero-order valence-corrected chi connectivity index (χ0v) is 26.2. The zero-order chi connectivity index (χ0) is 29.3. The first-order valence-electron chi connectivity index (χ1n) is 14.3. The molecule has 0 atom stereocenters.